The summed E-state index contributed by atoms with van der Waals surface area (Å²) in [5.41, 5.74) is 1.05. The Bertz CT molecular complexity index is 2450. The maximum absolute atomic E-state index is 14.2. The Morgan fingerprint density at radius 2 is 1.82 bits per heavy atom. The standard InChI is InChI=1S/C46H55F2N11O7/c1-56(17-18-57-19-20-65-31(24-57)14-16-49-33-4-2-3-32-39(33)46(64)59(45(32)63)36-11-12-38(60)54-43(36)62)23-28-7-9-30(10-8-28)58-25-34(40(55-58)41(47)48)52-42(61)35-26-66-44(53-35)29-13-15-50-37(21-29)51-22-27-5-6-27/h2-4,13,15,21,25-28,30-31,36,41,49H,5-12,14,16-20,22-24H2,1H3,(H,50,51)(H,52,61)(H,54,60,62)/t28?,30?,31-,36?/m0/s1. The average molecular weight is 912 g/mol. The normalized spacial score (nSPS) is 22.5. The number of nitrogens with zero attached hydrogens (tertiary/aromatic N) is 7. The molecule has 4 N–H and O–H groups in total. The van der Waals surface area contributed by atoms with E-state index in [0.29, 0.717) is 48.5 Å². The van der Waals surface area contributed by atoms with Gasteiger partial charge >= 0.3 is 0 Å². The fourth-order valence-electron chi connectivity index (χ4n) is 9.40. The Hall–Kier alpha value is -6.12. The Morgan fingerprint density at radius 1 is 1.00 bits per heavy atom. The van der Waals surface area contributed by atoms with Crippen LogP contribution < -0.4 is 21.3 Å². The monoisotopic (exact) mass is 911 g/mol. The van der Waals surface area contributed by atoms with Crippen LogP contribution in [-0.2, 0) is 14.3 Å². The van der Waals surface area contributed by atoms with Crippen LogP contribution in [0.2, 0.25) is 0 Å². The molecule has 5 amide bonds. The van der Waals surface area contributed by atoms with Crippen molar-refractivity contribution in [3.05, 3.63) is 71.5 Å². The number of carbonyl (C=O) groups is 5. The Kier molecular flexibility index (Phi) is 13.5. The number of benzene rings is 1. The van der Waals surface area contributed by atoms with Gasteiger partial charge in [-0.2, -0.15) is 5.10 Å². The first-order chi connectivity index (χ1) is 32.0. The second-order valence-corrected chi connectivity index (χ2v) is 18.1. The van der Waals surface area contributed by atoms with E-state index in [4.69, 9.17) is 9.15 Å². The minimum absolute atomic E-state index is 0.0251. The highest BCUT2D eigenvalue weighted by Gasteiger charge is 2.45. The van der Waals surface area contributed by atoms with Crippen LogP contribution >= 0.6 is 0 Å². The van der Waals surface area contributed by atoms with E-state index in [2.05, 4.69) is 53.2 Å². The first-order valence-electron chi connectivity index (χ1n) is 22.9. The number of aromatic nitrogens is 4. The van der Waals surface area contributed by atoms with Crippen molar-refractivity contribution in [3.8, 4) is 11.5 Å². The summed E-state index contributed by atoms with van der Waals surface area (Å²) in [6.45, 7) is 6.17. The predicted molar refractivity (Wildman–Crippen MR) is 237 cm³/mol. The lowest BCUT2D eigenvalue weighted by Gasteiger charge is -2.35. The Morgan fingerprint density at radius 3 is 2.61 bits per heavy atom. The predicted octanol–water partition coefficient (Wildman–Crippen LogP) is 5.21. The number of amides is 5. The Labute approximate surface area is 380 Å². The van der Waals surface area contributed by atoms with Crippen LogP contribution in [0.15, 0.2) is 53.4 Å². The molecule has 1 unspecified atom stereocenters. The van der Waals surface area contributed by atoms with Crippen molar-refractivity contribution in [1.29, 1.82) is 0 Å². The number of oxazole rings is 1. The molecule has 18 nitrogen and oxygen atoms in total. The fourth-order valence-corrected chi connectivity index (χ4v) is 9.40. The number of hydrogen-bond acceptors (Lipinski definition) is 14. The zero-order chi connectivity index (χ0) is 45.9. The number of carbonyl (C=O) groups excluding carboxylic acids is 5. The number of halogens is 2. The summed E-state index contributed by atoms with van der Waals surface area (Å²) in [5.74, 6) is -0.803. The van der Waals surface area contributed by atoms with Gasteiger partial charge in [-0.1, -0.05) is 6.07 Å². The lowest BCUT2D eigenvalue weighted by atomic mass is 9.86. The van der Waals surface area contributed by atoms with E-state index < -0.39 is 47.7 Å². The molecule has 6 heterocycles. The van der Waals surface area contributed by atoms with Crippen molar-refractivity contribution in [2.24, 2.45) is 11.8 Å². The van der Waals surface area contributed by atoms with E-state index in [-0.39, 0.29) is 53.4 Å². The molecule has 2 aliphatic carbocycles. The van der Waals surface area contributed by atoms with Gasteiger partial charge in [0, 0.05) is 75.9 Å². The Balaban J connectivity index is 0.704. The van der Waals surface area contributed by atoms with Gasteiger partial charge in [0.2, 0.25) is 17.7 Å². The molecule has 0 spiro atoms. The summed E-state index contributed by atoms with van der Waals surface area (Å²) in [7, 11) is 2.12. The number of fused-ring (bicyclic) bond motifs is 1. The lowest BCUT2D eigenvalue weighted by molar-refractivity contribution is -0.136. The van der Waals surface area contributed by atoms with Crippen LogP contribution in [-0.4, -0.2) is 136 Å². The number of alkyl halides is 2. The maximum Gasteiger partial charge on any atom is 0.284 e. The number of ether oxygens (including phenoxy) is 1. The molecule has 20 heteroatoms. The van der Waals surface area contributed by atoms with E-state index in [1.165, 1.54) is 25.3 Å². The molecule has 4 aromatic rings. The minimum Gasteiger partial charge on any atom is -0.444 e. The van der Waals surface area contributed by atoms with Gasteiger partial charge in [0.15, 0.2) is 11.4 Å². The summed E-state index contributed by atoms with van der Waals surface area (Å²) < 4.78 is 41.7. The van der Waals surface area contributed by atoms with E-state index in [0.717, 1.165) is 69.9 Å². The molecule has 0 radical (unpaired) electrons. The van der Waals surface area contributed by atoms with Gasteiger partial charge < -0.3 is 30.0 Å². The van der Waals surface area contributed by atoms with Crippen LogP contribution in [0, 0.1) is 11.8 Å². The zero-order valence-electron chi connectivity index (χ0n) is 36.8. The van der Waals surface area contributed by atoms with Crippen LogP contribution in [0.4, 0.5) is 26.0 Å². The van der Waals surface area contributed by atoms with Crippen molar-refractivity contribution in [3.63, 3.8) is 0 Å². The van der Waals surface area contributed by atoms with Crippen LogP contribution in [0.25, 0.3) is 11.5 Å². The third-order valence-electron chi connectivity index (χ3n) is 13.3. The zero-order valence-corrected chi connectivity index (χ0v) is 36.8. The van der Waals surface area contributed by atoms with Crippen molar-refractivity contribution in [1.82, 2.24) is 39.8 Å². The number of likely N-dealkylation sites (N-methyl/N-ethyl adjacent to an activating group) is 1. The molecule has 5 aliphatic rings. The van der Waals surface area contributed by atoms with E-state index in [1.54, 1.807) is 41.2 Å². The number of piperidine rings is 1. The number of morpholine rings is 1. The van der Waals surface area contributed by atoms with Crippen molar-refractivity contribution in [2.45, 2.75) is 82.4 Å². The lowest BCUT2D eigenvalue weighted by Crippen LogP contribution is -2.54. The van der Waals surface area contributed by atoms with Gasteiger partial charge in [-0.15, -0.1) is 0 Å². The molecule has 9 rings (SSSR count). The highest BCUT2D eigenvalue weighted by atomic mass is 19.3. The van der Waals surface area contributed by atoms with Crippen LogP contribution in [0.1, 0.15) is 107 Å². The fraction of sp³-hybridized carbons (Fsp3) is 0.522. The van der Waals surface area contributed by atoms with Crippen molar-refractivity contribution < 1.29 is 41.9 Å². The summed E-state index contributed by atoms with van der Waals surface area (Å²) in [5, 5.41) is 15.7. The van der Waals surface area contributed by atoms with Gasteiger partial charge in [-0.3, -0.25) is 43.8 Å². The molecule has 350 valence electrons. The van der Waals surface area contributed by atoms with Crippen LogP contribution in [0.3, 0.4) is 0 Å². The number of anilines is 3. The molecule has 2 saturated heterocycles. The quantitative estimate of drug-likeness (QED) is 0.0946. The van der Waals surface area contributed by atoms with E-state index >= 15 is 0 Å². The molecule has 0 bridgehead atoms. The maximum atomic E-state index is 14.2. The van der Waals surface area contributed by atoms with Gasteiger partial charge in [-0.25, -0.2) is 18.7 Å². The smallest absolute Gasteiger partial charge is 0.284 e. The topological polar surface area (TPSA) is 209 Å². The third kappa shape index (κ3) is 10.3. The second kappa shape index (κ2) is 19.8. The molecular formula is C46H55F2N11O7. The highest BCUT2D eigenvalue weighted by Crippen LogP contribution is 2.36. The molecule has 3 aliphatic heterocycles. The summed E-state index contributed by atoms with van der Waals surface area (Å²) in [6.07, 6.45) is 8.07. The first kappa shape index (κ1) is 45.1. The third-order valence-corrected chi connectivity index (χ3v) is 13.3. The van der Waals surface area contributed by atoms with Gasteiger partial charge in [0.25, 0.3) is 24.1 Å². The molecule has 3 aromatic heterocycles. The highest BCUT2D eigenvalue weighted by molar-refractivity contribution is 6.25. The largest absolute Gasteiger partial charge is 0.444 e. The van der Waals surface area contributed by atoms with Gasteiger partial charge in [-0.05, 0) is 94.5 Å². The number of imide groups is 2. The van der Waals surface area contributed by atoms with Gasteiger partial charge in [0.1, 0.15) is 18.1 Å². The number of hydrogen-bond donors (Lipinski definition) is 4. The molecule has 4 fully saturated rings. The number of rotatable bonds is 18. The summed E-state index contributed by atoms with van der Waals surface area (Å²) >= 11 is 0. The van der Waals surface area contributed by atoms with Crippen molar-refractivity contribution in [2.75, 3.05) is 75.4 Å². The first-order valence-corrected chi connectivity index (χ1v) is 22.9. The molecular weight excluding hydrogens is 857 g/mol. The van der Waals surface area contributed by atoms with Crippen molar-refractivity contribution >= 4 is 46.7 Å². The number of nitrogens with one attached hydrogen (secondary N) is 4. The molecule has 2 saturated carbocycles. The minimum atomic E-state index is -2.88. The number of pyridine rings is 1. The SMILES string of the molecule is CN(CCN1CCO[C@@H](CCNc2cccc3c2C(=O)N(C2CCC(=O)NC2=O)C3=O)C1)CC1CCC(n2cc(NC(=O)c3coc(-c4ccnc(NCC5CC5)c4)n3)c(C(F)F)n2)CC1. The molecule has 66 heavy (non-hydrogen) atoms. The van der Waals surface area contributed by atoms with E-state index in [1.807, 2.05) is 0 Å². The molecule has 1 aromatic carbocycles. The van der Waals surface area contributed by atoms with Crippen LogP contribution in [0.5, 0.6) is 0 Å². The van der Waals surface area contributed by atoms with Gasteiger partial charge in [0.05, 0.1) is 35.6 Å². The second-order valence-electron chi connectivity index (χ2n) is 18.1. The average Bonchev–Trinajstić information content (AvgIpc) is 3.71. The summed E-state index contributed by atoms with van der Waals surface area (Å²) in [6, 6.07) is 7.46. The summed E-state index contributed by atoms with van der Waals surface area (Å²) in [4.78, 5) is 78.4. The van der Waals surface area contributed by atoms with E-state index in [9.17, 15) is 32.8 Å². The molecule has 2 atom stereocenters.